The first-order valence-corrected chi connectivity index (χ1v) is 4.80. The Kier molecular flexibility index (Phi) is 3.00. The first kappa shape index (κ1) is 10.4. The highest BCUT2D eigenvalue weighted by Gasteiger charge is 2.07. The number of aromatic nitrogens is 1. The Bertz CT molecular complexity index is 480. The smallest absolute Gasteiger partial charge is 0.355 e. The molecule has 0 unspecified atom stereocenters. The zero-order valence-electron chi connectivity index (χ0n) is 8.44. The maximum absolute atomic E-state index is 12.8. The van der Waals surface area contributed by atoms with Crippen molar-refractivity contribution in [2.75, 3.05) is 0 Å². The Hall–Kier alpha value is -2.10. The van der Waals surface area contributed by atoms with E-state index in [1.165, 1.54) is 12.1 Å². The topological polar surface area (TPSA) is 42.1 Å². The van der Waals surface area contributed by atoms with Crippen molar-refractivity contribution in [1.82, 2.24) is 4.98 Å². The molecular weight excluding hydrogens is 209 g/mol. The van der Waals surface area contributed by atoms with Crippen LogP contribution in [0.3, 0.4) is 0 Å². The van der Waals surface area contributed by atoms with E-state index in [9.17, 15) is 9.18 Å². The molecule has 2 rings (SSSR count). The predicted octanol–water partition coefficient (Wildman–Crippen LogP) is 2.51. The number of aromatic amines is 1. The first-order chi connectivity index (χ1) is 7.75. The quantitative estimate of drug-likeness (QED) is 0.806. The maximum Gasteiger partial charge on any atom is 0.355 e. The van der Waals surface area contributed by atoms with E-state index in [1.807, 2.05) is 0 Å². The fourth-order valence-electron chi connectivity index (χ4n) is 1.31. The van der Waals surface area contributed by atoms with Gasteiger partial charge in [0.05, 0.1) is 0 Å². The van der Waals surface area contributed by atoms with Gasteiger partial charge in [-0.1, -0.05) is 12.1 Å². The van der Waals surface area contributed by atoms with Crippen LogP contribution in [0.2, 0.25) is 0 Å². The minimum Gasteiger partial charge on any atom is -0.456 e. The lowest BCUT2D eigenvalue weighted by molar-refractivity contribution is 0.0466. The summed E-state index contributed by atoms with van der Waals surface area (Å²) < 4.78 is 17.8. The van der Waals surface area contributed by atoms with E-state index in [0.717, 1.165) is 0 Å². The molecule has 0 spiro atoms. The minimum atomic E-state index is -0.450. The SMILES string of the molecule is O=C(OCc1cccc(F)c1)c1ccc[nH]1. The Labute approximate surface area is 91.9 Å². The van der Waals surface area contributed by atoms with Crippen molar-refractivity contribution in [3.63, 3.8) is 0 Å². The number of nitrogens with one attached hydrogen (secondary N) is 1. The molecule has 1 aromatic carbocycles. The van der Waals surface area contributed by atoms with Gasteiger partial charge in [-0.25, -0.2) is 9.18 Å². The first-order valence-electron chi connectivity index (χ1n) is 4.80. The standard InChI is InChI=1S/C12H10FNO2/c13-10-4-1-3-9(7-10)8-16-12(15)11-5-2-6-14-11/h1-7,14H,8H2. The largest absolute Gasteiger partial charge is 0.456 e. The molecule has 0 aliphatic heterocycles. The molecule has 0 aliphatic carbocycles. The number of H-pyrrole nitrogens is 1. The second-order valence-electron chi connectivity index (χ2n) is 3.29. The number of carbonyl (C=O) groups is 1. The van der Waals surface area contributed by atoms with Crippen LogP contribution in [0.4, 0.5) is 4.39 Å². The molecule has 3 nitrogen and oxygen atoms in total. The van der Waals surface area contributed by atoms with Gasteiger partial charge in [-0.15, -0.1) is 0 Å². The Morgan fingerprint density at radius 3 is 2.88 bits per heavy atom. The average molecular weight is 219 g/mol. The van der Waals surface area contributed by atoms with Crippen molar-refractivity contribution in [2.45, 2.75) is 6.61 Å². The van der Waals surface area contributed by atoms with Gasteiger partial charge in [0.25, 0.3) is 0 Å². The molecule has 1 N–H and O–H groups in total. The Morgan fingerprint density at radius 2 is 2.19 bits per heavy atom. The number of rotatable bonds is 3. The van der Waals surface area contributed by atoms with Crippen LogP contribution in [0.5, 0.6) is 0 Å². The lowest BCUT2D eigenvalue weighted by Gasteiger charge is -2.03. The molecule has 0 amide bonds. The number of carbonyl (C=O) groups excluding carboxylic acids is 1. The lowest BCUT2D eigenvalue weighted by Crippen LogP contribution is -2.05. The monoisotopic (exact) mass is 219 g/mol. The molecule has 82 valence electrons. The molecule has 0 saturated heterocycles. The summed E-state index contributed by atoms with van der Waals surface area (Å²) in [6, 6.07) is 9.28. The van der Waals surface area contributed by atoms with Gasteiger partial charge in [-0.2, -0.15) is 0 Å². The van der Waals surface area contributed by atoms with E-state index < -0.39 is 5.97 Å². The van der Waals surface area contributed by atoms with Crippen LogP contribution < -0.4 is 0 Å². The van der Waals surface area contributed by atoms with Crippen LogP contribution in [0.1, 0.15) is 16.1 Å². The van der Waals surface area contributed by atoms with Crippen LogP contribution in [0, 0.1) is 5.82 Å². The van der Waals surface area contributed by atoms with Crippen molar-refractivity contribution in [3.05, 3.63) is 59.7 Å². The molecule has 0 bridgehead atoms. The predicted molar refractivity (Wildman–Crippen MR) is 56.3 cm³/mol. The molecule has 2 aromatic rings. The molecule has 1 aromatic heterocycles. The van der Waals surface area contributed by atoms with E-state index >= 15 is 0 Å². The number of esters is 1. The third-order valence-corrected chi connectivity index (χ3v) is 2.08. The van der Waals surface area contributed by atoms with Crippen molar-refractivity contribution in [2.24, 2.45) is 0 Å². The molecule has 0 saturated carbocycles. The van der Waals surface area contributed by atoms with E-state index in [4.69, 9.17) is 4.74 Å². The highest BCUT2D eigenvalue weighted by Crippen LogP contribution is 2.06. The Morgan fingerprint density at radius 1 is 1.31 bits per heavy atom. The summed E-state index contributed by atoms with van der Waals surface area (Å²) in [7, 11) is 0. The number of benzene rings is 1. The van der Waals surface area contributed by atoms with Crippen LogP contribution in [0.15, 0.2) is 42.6 Å². The number of ether oxygens (including phenoxy) is 1. The lowest BCUT2D eigenvalue weighted by atomic mass is 10.2. The molecule has 1 heterocycles. The molecule has 0 atom stereocenters. The van der Waals surface area contributed by atoms with Gasteiger partial charge in [0.15, 0.2) is 0 Å². The highest BCUT2D eigenvalue weighted by atomic mass is 19.1. The molecule has 0 fully saturated rings. The van der Waals surface area contributed by atoms with Gasteiger partial charge in [-0.05, 0) is 29.8 Å². The maximum atomic E-state index is 12.8. The van der Waals surface area contributed by atoms with Gasteiger partial charge < -0.3 is 9.72 Å². The summed E-state index contributed by atoms with van der Waals surface area (Å²) in [5.74, 6) is -0.789. The molecule has 4 heteroatoms. The fraction of sp³-hybridized carbons (Fsp3) is 0.0833. The summed E-state index contributed by atoms with van der Waals surface area (Å²) in [4.78, 5) is 14.2. The summed E-state index contributed by atoms with van der Waals surface area (Å²) in [5, 5.41) is 0. The minimum absolute atomic E-state index is 0.0651. The van der Waals surface area contributed by atoms with Gasteiger partial charge in [0.2, 0.25) is 0 Å². The third kappa shape index (κ3) is 2.48. The van der Waals surface area contributed by atoms with Crippen LogP contribution >= 0.6 is 0 Å². The van der Waals surface area contributed by atoms with Crippen molar-refractivity contribution in [3.8, 4) is 0 Å². The zero-order valence-corrected chi connectivity index (χ0v) is 8.44. The highest BCUT2D eigenvalue weighted by molar-refractivity contribution is 5.87. The van der Waals surface area contributed by atoms with Crippen LogP contribution in [-0.2, 0) is 11.3 Å². The summed E-state index contributed by atoms with van der Waals surface area (Å²) in [6.45, 7) is 0.0651. The van der Waals surface area contributed by atoms with Gasteiger partial charge in [-0.3, -0.25) is 0 Å². The Balaban J connectivity index is 1.95. The van der Waals surface area contributed by atoms with Crippen molar-refractivity contribution < 1.29 is 13.9 Å². The van der Waals surface area contributed by atoms with E-state index in [0.29, 0.717) is 11.3 Å². The number of hydrogen-bond acceptors (Lipinski definition) is 2. The number of hydrogen-bond donors (Lipinski definition) is 1. The van der Waals surface area contributed by atoms with Gasteiger partial charge in [0, 0.05) is 6.20 Å². The fourth-order valence-corrected chi connectivity index (χ4v) is 1.31. The third-order valence-electron chi connectivity index (χ3n) is 2.08. The average Bonchev–Trinajstić information content (AvgIpc) is 2.79. The van der Waals surface area contributed by atoms with E-state index in [-0.39, 0.29) is 12.4 Å². The number of halogens is 1. The summed E-state index contributed by atoms with van der Waals surface area (Å²) in [5.41, 5.74) is 1.01. The summed E-state index contributed by atoms with van der Waals surface area (Å²) >= 11 is 0. The van der Waals surface area contributed by atoms with Crippen molar-refractivity contribution in [1.29, 1.82) is 0 Å². The van der Waals surface area contributed by atoms with Crippen LogP contribution in [0.25, 0.3) is 0 Å². The van der Waals surface area contributed by atoms with E-state index in [2.05, 4.69) is 4.98 Å². The van der Waals surface area contributed by atoms with E-state index in [1.54, 1.807) is 30.5 Å². The molecule has 0 aliphatic rings. The normalized spacial score (nSPS) is 10.1. The molecule has 16 heavy (non-hydrogen) atoms. The van der Waals surface area contributed by atoms with Crippen LogP contribution in [-0.4, -0.2) is 11.0 Å². The van der Waals surface area contributed by atoms with Gasteiger partial charge in [0.1, 0.15) is 18.1 Å². The second kappa shape index (κ2) is 4.61. The van der Waals surface area contributed by atoms with Crippen molar-refractivity contribution >= 4 is 5.97 Å². The second-order valence-corrected chi connectivity index (χ2v) is 3.29. The molecular formula is C12H10FNO2. The molecule has 0 radical (unpaired) electrons. The zero-order chi connectivity index (χ0) is 11.4. The van der Waals surface area contributed by atoms with Gasteiger partial charge >= 0.3 is 5.97 Å². The summed E-state index contributed by atoms with van der Waals surface area (Å²) in [6.07, 6.45) is 1.64.